The third-order valence-electron chi connectivity index (χ3n) is 3.32. The molecule has 0 saturated heterocycles. The van der Waals surface area contributed by atoms with Crippen LogP contribution in [0.5, 0.6) is 0 Å². The second-order valence-electron chi connectivity index (χ2n) is 5.50. The van der Waals surface area contributed by atoms with E-state index in [1.54, 1.807) is 7.05 Å². The van der Waals surface area contributed by atoms with Crippen molar-refractivity contribution in [2.24, 2.45) is 5.92 Å². The number of hydrogen-bond donors (Lipinski definition) is 3. The number of carbonyl (C=O) groups is 2. The van der Waals surface area contributed by atoms with Crippen molar-refractivity contribution < 1.29 is 9.59 Å². The molecule has 0 aliphatic heterocycles. The smallest absolute Gasteiger partial charge is 0.243 e. The average Bonchev–Trinajstić information content (AvgIpc) is 2.40. The lowest BCUT2D eigenvalue weighted by Gasteiger charge is -2.14. The molecule has 1 aromatic rings. The molecule has 0 aromatic heterocycles. The van der Waals surface area contributed by atoms with Crippen LogP contribution in [-0.2, 0) is 9.59 Å². The normalized spacial score (nSPS) is 11.9. The third kappa shape index (κ3) is 5.19. The molecule has 1 unspecified atom stereocenters. The van der Waals surface area contributed by atoms with Crippen LogP contribution in [0.1, 0.15) is 23.6 Å². The molecule has 0 aliphatic carbocycles. The molecule has 1 rings (SSSR count). The van der Waals surface area contributed by atoms with Gasteiger partial charge < -0.3 is 16.0 Å². The van der Waals surface area contributed by atoms with E-state index < -0.39 is 0 Å². The molecule has 5 heteroatoms. The molecular weight excluding hydrogens is 266 g/mol. The van der Waals surface area contributed by atoms with Crippen molar-refractivity contribution in [2.75, 3.05) is 25.5 Å². The van der Waals surface area contributed by atoms with E-state index in [-0.39, 0.29) is 24.3 Å². The van der Waals surface area contributed by atoms with Crippen molar-refractivity contribution in [3.05, 3.63) is 28.8 Å². The lowest BCUT2D eigenvalue weighted by molar-refractivity contribution is -0.126. The first-order valence-electron chi connectivity index (χ1n) is 7.15. The Morgan fingerprint density at radius 3 is 2.24 bits per heavy atom. The zero-order chi connectivity index (χ0) is 16.0. The van der Waals surface area contributed by atoms with E-state index in [2.05, 4.69) is 16.0 Å². The van der Waals surface area contributed by atoms with Crippen molar-refractivity contribution in [1.82, 2.24) is 10.6 Å². The standard InChI is InChI=1S/C16H25N3O2/c1-10-6-11(2)15(12(3)7-10)19-14(20)9-18-16(21)13(4)8-17-5/h6-7,13,17H,8-9H2,1-5H3,(H,18,21)(H,19,20). The van der Waals surface area contributed by atoms with Gasteiger partial charge in [0.05, 0.1) is 6.54 Å². The van der Waals surface area contributed by atoms with Crippen molar-refractivity contribution >= 4 is 17.5 Å². The van der Waals surface area contributed by atoms with Crippen LogP contribution in [0.25, 0.3) is 0 Å². The highest BCUT2D eigenvalue weighted by Gasteiger charge is 2.13. The Morgan fingerprint density at radius 2 is 1.71 bits per heavy atom. The Morgan fingerprint density at radius 1 is 1.14 bits per heavy atom. The lowest BCUT2D eigenvalue weighted by atomic mass is 10.1. The van der Waals surface area contributed by atoms with Crippen LogP contribution in [0.15, 0.2) is 12.1 Å². The molecule has 3 N–H and O–H groups in total. The minimum atomic E-state index is -0.213. The molecule has 21 heavy (non-hydrogen) atoms. The SMILES string of the molecule is CNCC(C)C(=O)NCC(=O)Nc1c(C)cc(C)cc1C. The van der Waals surface area contributed by atoms with Gasteiger partial charge in [-0.3, -0.25) is 9.59 Å². The highest BCUT2D eigenvalue weighted by Crippen LogP contribution is 2.21. The summed E-state index contributed by atoms with van der Waals surface area (Å²) in [6.45, 7) is 8.34. The topological polar surface area (TPSA) is 70.2 Å². The van der Waals surface area contributed by atoms with E-state index in [9.17, 15) is 9.59 Å². The molecule has 0 aliphatic rings. The molecule has 0 saturated carbocycles. The molecule has 2 amide bonds. The van der Waals surface area contributed by atoms with Gasteiger partial charge in [-0.2, -0.15) is 0 Å². The molecule has 0 radical (unpaired) electrons. The van der Waals surface area contributed by atoms with Crippen molar-refractivity contribution in [1.29, 1.82) is 0 Å². The Bertz CT molecular complexity index is 503. The molecule has 5 nitrogen and oxygen atoms in total. The molecule has 116 valence electrons. The minimum Gasteiger partial charge on any atom is -0.347 e. The maximum atomic E-state index is 11.9. The Kier molecular flexibility index (Phi) is 6.37. The van der Waals surface area contributed by atoms with Gasteiger partial charge in [-0.15, -0.1) is 0 Å². The number of aryl methyl sites for hydroxylation is 3. The monoisotopic (exact) mass is 291 g/mol. The van der Waals surface area contributed by atoms with Crippen LogP contribution in [0.4, 0.5) is 5.69 Å². The van der Waals surface area contributed by atoms with Crippen LogP contribution in [0, 0.1) is 26.7 Å². The van der Waals surface area contributed by atoms with Gasteiger partial charge in [0.25, 0.3) is 0 Å². The molecule has 1 atom stereocenters. The predicted octanol–water partition coefficient (Wildman–Crippen LogP) is 1.52. The van der Waals surface area contributed by atoms with Gasteiger partial charge in [-0.25, -0.2) is 0 Å². The average molecular weight is 291 g/mol. The summed E-state index contributed by atoms with van der Waals surface area (Å²) in [7, 11) is 1.79. The fourth-order valence-electron chi connectivity index (χ4n) is 2.30. The zero-order valence-corrected chi connectivity index (χ0v) is 13.5. The Hall–Kier alpha value is -1.88. The first-order valence-corrected chi connectivity index (χ1v) is 7.15. The summed E-state index contributed by atoms with van der Waals surface area (Å²) in [5.74, 6) is -0.502. The van der Waals surface area contributed by atoms with Gasteiger partial charge in [0.1, 0.15) is 0 Å². The van der Waals surface area contributed by atoms with E-state index in [1.807, 2.05) is 39.8 Å². The molecule has 0 heterocycles. The van der Waals surface area contributed by atoms with Gasteiger partial charge in [-0.05, 0) is 38.9 Å². The number of hydrogen-bond acceptors (Lipinski definition) is 3. The van der Waals surface area contributed by atoms with Crippen LogP contribution in [0.2, 0.25) is 0 Å². The predicted molar refractivity (Wildman–Crippen MR) is 85.4 cm³/mol. The quantitative estimate of drug-likeness (QED) is 0.744. The lowest BCUT2D eigenvalue weighted by Crippen LogP contribution is -2.38. The summed E-state index contributed by atoms with van der Waals surface area (Å²) in [6, 6.07) is 4.05. The summed E-state index contributed by atoms with van der Waals surface area (Å²) in [6.07, 6.45) is 0. The molecular formula is C16H25N3O2. The van der Waals surface area contributed by atoms with E-state index in [0.29, 0.717) is 6.54 Å². The molecule has 0 spiro atoms. The van der Waals surface area contributed by atoms with Crippen molar-refractivity contribution in [3.8, 4) is 0 Å². The Balaban J connectivity index is 2.57. The van der Waals surface area contributed by atoms with Crippen molar-refractivity contribution in [3.63, 3.8) is 0 Å². The Labute approximate surface area is 126 Å². The summed E-state index contributed by atoms with van der Waals surface area (Å²) in [4.78, 5) is 23.7. The number of anilines is 1. The maximum Gasteiger partial charge on any atom is 0.243 e. The second kappa shape index (κ2) is 7.78. The van der Waals surface area contributed by atoms with Gasteiger partial charge in [0.15, 0.2) is 0 Å². The summed E-state index contributed by atoms with van der Waals surface area (Å²) >= 11 is 0. The zero-order valence-electron chi connectivity index (χ0n) is 13.5. The van der Waals surface area contributed by atoms with E-state index in [1.165, 1.54) is 0 Å². The van der Waals surface area contributed by atoms with E-state index in [4.69, 9.17) is 0 Å². The fraction of sp³-hybridized carbons (Fsp3) is 0.500. The number of rotatable bonds is 6. The van der Waals surface area contributed by atoms with Gasteiger partial charge in [-0.1, -0.05) is 24.6 Å². The summed E-state index contributed by atoms with van der Waals surface area (Å²) < 4.78 is 0. The highest BCUT2D eigenvalue weighted by atomic mass is 16.2. The summed E-state index contributed by atoms with van der Waals surface area (Å²) in [5.41, 5.74) is 4.03. The van der Waals surface area contributed by atoms with E-state index in [0.717, 1.165) is 22.4 Å². The minimum absolute atomic E-state index is 0.0142. The van der Waals surface area contributed by atoms with Gasteiger partial charge >= 0.3 is 0 Å². The molecule has 0 bridgehead atoms. The number of carbonyl (C=O) groups excluding carboxylic acids is 2. The largest absolute Gasteiger partial charge is 0.347 e. The first kappa shape index (κ1) is 17.2. The molecule has 1 aromatic carbocycles. The number of benzene rings is 1. The van der Waals surface area contributed by atoms with Crippen LogP contribution < -0.4 is 16.0 Å². The van der Waals surface area contributed by atoms with Crippen LogP contribution in [-0.4, -0.2) is 32.0 Å². The van der Waals surface area contributed by atoms with Crippen LogP contribution >= 0.6 is 0 Å². The van der Waals surface area contributed by atoms with Crippen molar-refractivity contribution in [2.45, 2.75) is 27.7 Å². The molecule has 0 fully saturated rings. The van der Waals surface area contributed by atoms with Crippen LogP contribution in [0.3, 0.4) is 0 Å². The highest BCUT2D eigenvalue weighted by molar-refractivity contribution is 5.96. The van der Waals surface area contributed by atoms with Gasteiger partial charge in [0.2, 0.25) is 11.8 Å². The number of nitrogens with one attached hydrogen (secondary N) is 3. The second-order valence-corrected chi connectivity index (χ2v) is 5.50. The number of amides is 2. The van der Waals surface area contributed by atoms with Gasteiger partial charge in [0, 0.05) is 18.2 Å². The maximum absolute atomic E-state index is 11.9. The summed E-state index contributed by atoms with van der Waals surface area (Å²) in [5, 5.41) is 8.44. The fourth-order valence-corrected chi connectivity index (χ4v) is 2.30. The first-order chi connectivity index (χ1) is 9.85. The van der Waals surface area contributed by atoms with E-state index >= 15 is 0 Å². The third-order valence-corrected chi connectivity index (χ3v) is 3.32.